The van der Waals surface area contributed by atoms with Gasteiger partial charge in [-0.05, 0) is 49.4 Å². The number of rotatable bonds is 6. The molecule has 0 saturated heterocycles. The molecule has 0 fully saturated rings. The Kier molecular flexibility index (Phi) is 5.70. The van der Waals surface area contributed by atoms with Crippen LogP contribution in [0, 0.1) is 0 Å². The number of pyridine rings is 1. The van der Waals surface area contributed by atoms with Gasteiger partial charge in [0.1, 0.15) is 23.3 Å². The molecule has 32 heavy (non-hydrogen) atoms. The third-order valence-corrected chi connectivity index (χ3v) is 5.69. The predicted molar refractivity (Wildman–Crippen MR) is 117 cm³/mol. The molecule has 1 aliphatic rings. The summed E-state index contributed by atoms with van der Waals surface area (Å²) in [6.45, 7) is 2.55. The zero-order valence-electron chi connectivity index (χ0n) is 17.7. The van der Waals surface area contributed by atoms with Gasteiger partial charge in [0.05, 0.1) is 25.4 Å². The molecule has 3 aromatic rings. The van der Waals surface area contributed by atoms with Gasteiger partial charge < -0.3 is 19.2 Å². The fourth-order valence-corrected chi connectivity index (χ4v) is 3.70. The van der Waals surface area contributed by atoms with Gasteiger partial charge in [-0.1, -0.05) is 0 Å². The van der Waals surface area contributed by atoms with Gasteiger partial charge >= 0.3 is 5.97 Å². The maximum absolute atomic E-state index is 12.2. The topological polar surface area (TPSA) is 120 Å². The molecular formula is C22H21N3O6S. The van der Waals surface area contributed by atoms with Crippen LogP contribution in [-0.4, -0.2) is 56.3 Å². The second-order valence-corrected chi connectivity index (χ2v) is 9.27. The van der Waals surface area contributed by atoms with Gasteiger partial charge in [-0.15, -0.1) is 0 Å². The average Bonchev–Trinajstić information content (AvgIpc) is 3.42. The van der Waals surface area contributed by atoms with Crippen molar-refractivity contribution in [2.75, 3.05) is 19.9 Å². The third-order valence-electron chi connectivity index (χ3n) is 4.68. The fourth-order valence-electron chi connectivity index (χ4n) is 3.15. The first kappa shape index (κ1) is 21.6. The summed E-state index contributed by atoms with van der Waals surface area (Å²) in [6.07, 6.45) is 2.42. The maximum Gasteiger partial charge on any atom is 0.338 e. The van der Waals surface area contributed by atoms with Crippen LogP contribution in [0.5, 0.6) is 11.5 Å². The Balaban J connectivity index is 1.66. The summed E-state index contributed by atoms with van der Waals surface area (Å²) in [5.41, 5.74) is 2.43. The van der Waals surface area contributed by atoms with Crippen molar-refractivity contribution >= 4 is 21.7 Å². The lowest BCUT2D eigenvalue weighted by molar-refractivity contribution is 0.0600. The summed E-state index contributed by atoms with van der Waals surface area (Å²) in [5.74, 6) is 0.698. The number of carbonyl (C=O) groups is 1. The van der Waals surface area contributed by atoms with Crippen LogP contribution in [0.15, 0.2) is 58.7 Å². The van der Waals surface area contributed by atoms with Crippen LogP contribution in [0.2, 0.25) is 0 Å². The molecular weight excluding hydrogens is 434 g/mol. The Hall–Kier alpha value is -3.66. The van der Waals surface area contributed by atoms with Gasteiger partial charge in [0.2, 0.25) is 5.90 Å². The molecule has 0 aliphatic carbocycles. The van der Waals surface area contributed by atoms with E-state index < -0.39 is 15.8 Å². The number of aromatic amines is 1. The number of H-pyrrole nitrogens is 1. The van der Waals surface area contributed by atoms with Crippen LogP contribution >= 0.6 is 0 Å². The molecule has 10 heteroatoms. The largest absolute Gasteiger partial charge is 0.471 e. The molecule has 0 bridgehead atoms. The van der Waals surface area contributed by atoms with E-state index in [1.54, 1.807) is 12.1 Å². The lowest BCUT2D eigenvalue weighted by atomic mass is 10.1. The number of methoxy groups -OCH3 is 1. The number of nitrogens with one attached hydrogen (secondary N) is 1. The van der Waals surface area contributed by atoms with Gasteiger partial charge in [0, 0.05) is 17.5 Å². The van der Waals surface area contributed by atoms with Gasteiger partial charge in [-0.3, -0.25) is 0 Å². The molecule has 4 rings (SSSR count). The molecule has 2 aromatic heterocycles. The summed E-state index contributed by atoms with van der Waals surface area (Å²) in [7, 11) is -2.12. The first-order valence-corrected chi connectivity index (χ1v) is 11.6. The van der Waals surface area contributed by atoms with E-state index in [-0.39, 0.29) is 11.1 Å². The zero-order chi connectivity index (χ0) is 22.9. The van der Waals surface area contributed by atoms with Crippen LogP contribution in [0.3, 0.4) is 0 Å². The van der Waals surface area contributed by atoms with E-state index in [2.05, 4.69) is 15.0 Å². The van der Waals surface area contributed by atoms with Crippen LogP contribution in [0.1, 0.15) is 23.0 Å². The summed E-state index contributed by atoms with van der Waals surface area (Å²) in [5, 5.41) is -0.0564. The molecule has 3 heterocycles. The van der Waals surface area contributed by atoms with E-state index in [0.29, 0.717) is 35.1 Å². The second-order valence-electron chi connectivity index (χ2n) is 7.30. The molecule has 0 amide bonds. The van der Waals surface area contributed by atoms with Gasteiger partial charge in [-0.25, -0.2) is 23.2 Å². The van der Waals surface area contributed by atoms with Crippen molar-refractivity contribution in [1.82, 2.24) is 9.97 Å². The minimum atomic E-state index is -3.42. The highest BCUT2D eigenvalue weighted by Gasteiger charge is 2.19. The lowest BCUT2D eigenvalue weighted by Crippen LogP contribution is -2.08. The van der Waals surface area contributed by atoms with E-state index in [1.807, 2.05) is 19.1 Å². The van der Waals surface area contributed by atoms with Crippen molar-refractivity contribution in [2.24, 2.45) is 4.99 Å². The second kappa shape index (κ2) is 8.46. The molecule has 1 aromatic carbocycles. The van der Waals surface area contributed by atoms with Crippen molar-refractivity contribution in [3.63, 3.8) is 0 Å². The highest BCUT2D eigenvalue weighted by Crippen LogP contribution is 2.30. The minimum absolute atomic E-state index is 0.0297. The quantitative estimate of drug-likeness (QED) is 0.567. The van der Waals surface area contributed by atoms with Crippen molar-refractivity contribution in [1.29, 1.82) is 0 Å². The highest BCUT2D eigenvalue weighted by atomic mass is 32.2. The summed E-state index contributed by atoms with van der Waals surface area (Å²) >= 11 is 0. The van der Waals surface area contributed by atoms with E-state index in [0.717, 1.165) is 17.6 Å². The Morgan fingerprint density at radius 3 is 2.53 bits per heavy atom. The van der Waals surface area contributed by atoms with Crippen molar-refractivity contribution in [3.8, 4) is 22.8 Å². The Bertz CT molecular complexity index is 1300. The minimum Gasteiger partial charge on any atom is -0.471 e. The number of nitrogens with zero attached hydrogens (tertiary/aromatic N) is 2. The number of aliphatic imine (C=N–C) groups is 1. The zero-order valence-corrected chi connectivity index (χ0v) is 18.5. The van der Waals surface area contributed by atoms with Crippen LogP contribution in [-0.2, 0) is 19.3 Å². The average molecular weight is 455 g/mol. The standard InChI is InChI=1S/C22H21N3O6S/c1-13-11-24-21(30-13)19-6-5-18(25-19)14-8-15(22(26)29-2)10-17(9-14)31-16-4-7-20(23-12-16)32(3,27)28/h4-10,12-13,25H,11H2,1-3H3/t13-/m0/s1. The number of ether oxygens (including phenoxy) is 3. The molecule has 0 saturated carbocycles. The normalized spacial score (nSPS) is 15.7. The monoisotopic (exact) mass is 455 g/mol. The molecule has 1 atom stereocenters. The van der Waals surface area contributed by atoms with Crippen LogP contribution in [0.4, 0.5) is 0 Å². The number of benzene rings is 1. The number of aromatic nitrogens is 2. The summed E-state index contributed by atoms with van der Waals surface area (Å²) in [6, 6.07) is 11.5. The van der Waals surface area contributed by atoms with E-state index in [4.69, 9.17) is 14.2 Å². The van der Waals surface area contributed by atoms with E-state index in [9.17, 15) is 13.2 Å². The molecule has 0 unspecified atom stereocenters. The Morgan fingerprint density at radius 1 is 1.12 bits per heavy atom. The molecule has 1 aliphatic heterocycles. The Labute approximate surface area is 185 Å². The highest BCUT2D eigenvalue weighted by molar-refractivity contribution is 7.90. The van der Waals surface area contributed by atoms with Crippen molar-refractivity contribution in [3.05, 3.63) is 59.9 Å². The van der Waals surface area contributed by atoms with Gasteiger partial charge in [0.15, 0.2) is 14.9 Å². The summed E-state index contributed by atoms with van der Waals surface area (Å²) in [4.78, 5) is 23.7. The number of hydrogen-bond acceptors (Lipinski definition) is 8. The molecule has 1 N–H and O–H groups in total. The first-order chi connectivity index (χ1) is 15.2. The van der Waals surface area contributed by atoms with Gasteiger partial charge in [-0.2, -0.15) is 0 Å². The SMILES string of the molecule is COC(=O)c1cc(Oc2ccc(S(C)(=O)=O)nc2)cc(-c2ccc(C3=NC[C@H](C)O3)[nH]2)c1. The smallest absolute Gasteiger partial charge is 0.338 e. The predicted octanol–water partition coefficient (Wildman–Crippen LogP) is 3.22. The lowest BCUT2D eigenvalue weighted by Gasteiger charge is -2.10. The molecule has 0 spiro atoms. The van der Waals surface area contributed by atoms with E-state index in [1.165, 1.54) is 31.5 Å². The first-order valence-electron chi connectivity index (χ1n) is 9.71. The van der Waals surface area contributed by atoms with Gasteiger partial charge in [0.25, 0.3) is 0 Å². The fraction of sp³-hybridized carbons (Fsp3) is 0.227. The summed E-state index contributed by atoms with van der Waals surface area (Å²) < 4.78 is 39.6. The maximum atomic E-state index is 12.2. The molecule has 0 radical (unpaired) electrons. The molecule has 9 nitrogen and oxygen atoms in total. The number of carbonyl (C=O) groups excluding carboxylic acids is 1. The van der Waals surface area contributed by atoms with Crippen LogP contribution < -0.4 is 4.74 Å². The molecule has 166 valence electrons. The number of esters is 1. The number of hydrogen-bond donors (Lipinski definition) is 1. The number of sulfone groups is 1. The van der Waals surface area contributed by atoms with Crippen molar-refractivity contribution in [2.45, 2.75) is 18.1 Å². The third kappa shape index (κ3) is 4.65. The van der Waals surface area contributed by atoms with Crippen LogP contribution in [0.25, 0.3) is 11.3 Å². The Morgan fingerprint density at radius 2 is 1.91 bits per heavy atom. The van der Waals surface area contributed by atoms with Crippen molar-refractivity contribution < 1.29 is 27.4 Å². The van der Waals surface area contributed by atoms with E-state index >= 15 is 0 Å².